The van der Waals surface area contributed by atoms with Crippen molar-refractivity contribution in [2.24, 2.45) is 0 Å². The summed E-state index contributed by atoms with van der Waals surface area (Å²) in [4.78, 5) is 20.3. The molecule has 2 heterocycles. The van der Waals surface area contributed by atoms with Crippen LogP contribution in [0.15, 0.2) is 48.5 Å². The van der Waals surface area contributed by atoms with Gasteiger partial charge in [-0.15, -0.1) is 0 Å². The van der Waals surface area contributed by atoms with Crippen LogP contribution in [0.1, 0.15) is 39.8 Å². The molecule has 6 heteroatoms. The molecule has 0 spiro atoms. The lowest BCUT2D eigenvalue weighted by Gasteiger charge is -2.20. The van der Waals surface area contributed by atoms with E-state index in [2.05, 4.69) is 31.1 Å². The molecule has 4 aromatic rings. The SMILES string of the molecule is CCn1nc(C)cc1C(=O)N(Cc1ccccc1)c1nc2c(C)c(C)ccc2s1. The third-order valence-electron chi connectivity index (χ3n) is 5.15. The fraction of sp³-hybridized carbons (Fsp3) is 0.261. The Balaban J connectivity index is 1.82. The van der Waals surface area contributed by atoms with Crippen LogP contribution in [0.5, 0.6) is 0 Å². The number of aromatic nitrogens is 3. The molecular formula is C23H24N4OS. The van der Waals surface area contributed by atoms with Crippen molar-refractivity contribution >= 4 is 32.6 Å². The van der Waals surface area contributed by atoms with Crippen LogP contribution in [0.25, 0.3) is 10.2 Å². The predicted molar refractivity (Wildman–Crippen MR) is 119 cm³/mol. The maximum Gasteiger partial charge on any atom is 0.278 e. The molecule has 0 aliphatic rings. The van der Waals surface area contributed by atoms with E-state index in [1.165, 1.54) is 5.56 Å². The molecule has 0 saturated heterocycles. The van der Waals surface area contributed by atoms with E-state index in [0.717, 1.165) is 27.0 Å². The molecule has 148 valence electrons. The normalized spacial score (nSPS) is 11.2. The molecule has 0 fully saturated rings. The van der Waals surface area contributed by atoms with E-state index in [9.17, 15) is 4.79 Å². The van der Waals surface area contributed by atoms with Crippen LogP contribution in [0, 0.1) is 20.8 Å². The second kappa shape index (κ2) is 7.79. The third-order valence-corrected chi connectivity index (χ3v) is 6.20. The Hall–Kier alpha value is -2.99. The van der Waals surface area contributed by atoms with Crippen LogP contribution in [0.2, 0.25) is 0 Å². The number of rotatable bonds is 5. The summed E-state index contributed by atoms with van der Waals surface area (Å²) in [5.74, 6) is -0.0789. The maximum absolute atomic E-state index is 13.6. The Morgan fingerprint density at radius 3 is 2.59 bits per heavy atom. The first kappa shape index (κ1) is 19.3. The molecule has 29 heavy (non-hydrogen) atoms. The first-order chi connectivity index (χ1) is 14.0. The van der Waals surface area contributed by atoms with Crippen LogP contribution >= 0.6 is 11.3 Å². The van der Waals surface area contributed by atoms with Crippen molar-refractivity contribution in [3.05, 3.63) is 76.6 Å². The first-order valence-electron chi connectivity index (χ1n) is 9.75. The molecule has 0 N–H and O–H groups in total. The number of thiazole rings is 1. The van der Waals surface area contributed by atoms with Crippen LogP contribution in [-0.4, -0.2) is 20.7 Å². The van der Waals surface area contributed by atoms with Crippen molar-refractivity contribution in [1.82, 2.24) is 14.8 Å². The zero-order valence-corrected chi connectivity index (χ0v) is 18.0. The standard InChI is InChI=1S/C23H24N4OS/c1-5-27-19(13-16(3)25-27)22(28)26(14-18-9-7-6-8-10-18)23-24-21-17(4)15(2)11-12-20(21)29-23/h6-13H,5,14H2,1-4H3. The highest BCUT2D eigenvalue weighted by Gasteiger charge is 2.25. The molecular weight excluding hydrogens is 380 g/mol. The Labute approximate surface area is 174 Å². The summed E-state index contributed by atoms with van der Waals surface area (Å²) in [5.41, 5.74) is 5.82. The Kier molecular flexibility index (Phi) is 5.20. The van der Waals surface area contributed by atoms with E-state index in [4.69, 9.17) is 4.98 Å². The van der Waals surface area contributed by atoms with E-state index in [0.29, 0.717) is 23.9 Å². The van der Waals surface area contributed by atoms with Gasteiger partial charge in [-0.25, -0.2) is 4.98 Å². The molecule has 0 aliphatic heterocycles. The fourth-order valence-electron chi connectivity index (χ4n) is 3.42. The second-order valence-corrected chi connectivity index (χ2v) is 8.22. The molecule has 0 atom stereocenters. The van der Waals surface area contributed by atoms with Crippen molar-refractivity contribution < 1.29 is 4.79 Å². The summed E-state index contributed by atoms with van der Waals surface area (Å²) in [7, 11) is 0. The molecule has 0 saturated carbocycles. The zero-order chi connectivity index (χ0) is 20.5. The molecule has 2 aromatic heterocycles. The van der Waals surface area contributed by atoms with E-state index in [-0.39, 0.29) is 5.91 Å². The van der Waals surface area contributed by atoms with Gasteiger partial charge in [-0.2, -0.15) is 5.10 Å². The van der Waals surface area contributed by atoms with Crippen LogP contribution in [-0.2, 0) is 13.1 Å². The number of anilines is 1. The van der Waals surface area contributed by atoms with Crippen molar-refractivity contribution in [1.29, 1.82) is 0 Å². The number of hydrogen-bond donors (Lipinski definition) is 0. The molecule has 1 amide bonds. The lowest BCUT2D eigenvalue weighted by atomic mass is 10.1. The largest absolute Gasteiger partial charge is 0.278 e. The average molecular weight is 405 g/mol. The number of benzene rings is 2. The van der Waals surface area contributed by atoms with Gasteiger partial charge in [0.2, 0.25) is 0 Å². The molecule has 0 aliphatic carbocycles. The van der Waals surface area contributed by atoms with E-state index in [1.807, 2.05) is 50.2 Å². The Morgan fingerprint density at radius 2 is 1.86 bits per heavy atom. The maximum atomic E-state index is 13.6. The molecule has 0 bridgehead atoms. The predicted octanol–water partition coefficient (Wildman–Crippen LogP) is 5.28. The van der Waals surface area contributed by atoms with Crippen LogP contribution < -0.4 is 4.90 Å². The number of amides is 1. The topological polar surface area (TPSA) is 51.0 Å². The molecule has 0 unspecified atom stereocenters. The van der Waals surface area contributed by atoms with Gasteiger partial charge in [-0.1, -0.05) is 47.7 Å². The third kappa shape index (κ3) is 3.68. The Morgan fingerprint density at radius 1 is 1.10 bits per heavy atom. The zero-order valence-electron chi connectivity index (χ0n) is 17.1. The van der Waals surface area contributed by atoms with Gasteiger partial charge in [-0.3, -0.25) is 14.4 Å². The van der Waals surface area contributed by atoms with E-state index < -0.39 is 0 Å². The molecule has 5 nitrogen and oxygen atoms in total. The highest BCUT2D eigenvalue weighted by atomic mass is 32.1. The van der Waals surface area contributed by atoms with Gasteiger partial charge >= 0.3 is 0 Å². The van der Waals surface area contributed by atoms with Gasteiger partial charge in [0, 0.05) is 6.54 Å². The van der Waals surface area contributed by atoms with Gasteiger partial charge in [-0.05, 0) is 56.5 Å². The van der Waals surface area contributed by atoms with Gasteiger partial charge in [0.15, 0.2) is 5.13 Å². The van der Waals surface area contributed by atoms with Crippen molar-refractivity contribution in [2.45, 2.75) is 40.8 Å². The average Bonchev–Trinajstić information content (AvgIpc) is 3.33. The number of carbonyl (C=O) groups excluding carboxylic acids is 1. The van der Waals surface area contributed by atoms with Crippen LogP contribution in [0.3, 0.4) is 0 Å². The van der Waals surface area contributed by atoms with Crippen molar-refractivity contribution in [3.63, 3.8) is 0 Å². The molecule has 2 aromatic carbocycles. The van der Waals surface area contributed by atoms with Crippen LogP contribution in [0.4, 0.5) is 5.13 Å². The summed E-state index contributed by atoms with van der Waals surface area (Å²) >= 11 is 1.56. The van der Waals surface area contributed by atoms with E-state index in [1.54, 1.807) is 20.9 Å². The van der Waals surface area contributed by atoms with Crippen molar-refractivity contribution in [2.75, 3.05) is 4.90 Å². The number of hydrogen-bond acceptors (Lipinski definition) is 4. The minimum atomic E-state index is -0.0789. The minimum absolute atomic E-state index is 0.0789. The number of aryl methyl sites for hydroxylation is 4. The number of fused-ring (bicyclic) bond motifs is 1. The number of nitrogens with zero attached hydrogens (tertiary/aromatic N) is 4. The summed E-state index contributed by atoms with van der Waals surface area (Å²) in [5, 5.41) is 5.17. The highest BCUT2D eigenvalue weighted by molar-refractivity contribution is 7.22. The van der Waals surface area contributed by atoms with Crippen molar-refractivity contribution in [3.8, 4) is 0 Å². The van der Waals surface area contributed by atoms with E-state index >= 15 is 0 Å². The number of carbonyl (C=O) groups is 1. The summed E-state index contributed by atoms with van der Waals surface area (Å²) in [6.07, 6.45) is 0. The minimum Gasteiger partial charge on any atom is -0.278 e. The molecule has 0 radical (unpaired) electrons. The molecule has 4 rings (SSSR count). The monoisotopic (exact) mass is 404 g/mol. The lowest BCUT2D eigenvalue weighted by Crippen LogP contribution is -2.32. The van der Waals surface area contributed by atoms with Gasteiger partial charge in [0.05, 0.1) is 22.5 Å². The quantitative estimate of drug-likeness (QED) is 0.454. The first-order valence-corrected chi connectivity index (χ1v) is 10.6. The summed E-state index contributed by atoms with van der Waals surface area (Å²) in [6, 6.07) is 16.1. The van der Waals surface area contributed by atoms with Gasteiger partial charge in [0.25, 0.3) is 5.91 Å². The van der Waals surface area contributed by atoms with Gasteiger partial charge < -0.3 is 0 Å². The van der Waals surface area contributed by atoms with Gasteiger partial charge in [0.1, 0.15) is 5.69 Å². The fourth-order valence-corrected chi connectivity index (χ4v) is 4.44. The smallest absolute Gasteiger partial charge is 0.278 e. The Bertz CT molecular complexity index is 1180. The second-order valence-electron chi connectivity index (χ2n) is 7.21. The summed E-state index contributed by atoms with van der Waals surface area (Å²) in [6.45, 7) is 9.18. The highest BCUT2D eigenvalue weighted by Crippen LogP contribution is 2.33. The summed E-state index contributed by atoms with van der Waals surface area (Å²) < 4.78 is 2.85. The lowest BCUT2D eigenvalue weighted by molar-refractivity contribution is 0.0975.